The summed E-state index contributed by atoms with van der Waals surface area (Å²) in [5.41, 5.74) is 1.32. The van der Waals surface area contributed by atoms with Gasteiger partial charge >= 0.3 is 0 Å². The van der Waals surface area contributed by atoms with E-state index in [-0.39, 0.29) is 17.9 Å². The van der Waals surface area contributed by atoms with Gasteiger partial charge in [-0.3, -0.25) is 9.59 Å². The van der Waals surface area contributed by atoms with Gasteiger partial charge < -0.3 is 15.5 Å². The third kappa shape index (κ3) is 5.40. The number of carbonyl (C=O) groups excluding carboxylic acids is 2. The molecule has 2 amide bonds. The fourth-order valence-electron chi connectivity index (χ4n) is 3.55. The average Bonchev–Trinajstić information content (AvgIpc) is 3.34. The number of anilines is 1. The molecule has 1 fully saturated rings. The SMILES string of the molecule is CNCC1CCCN1C(=O)c1cccc(NC(=O)CCCc2cccs2)c1. The Morgan fingerprint density at radius 3 is 2.93 bits per heavy atom. The molecular formula is C21H27N3O2S. The van der Waals surface area contributed by atoms with E-state index in [4.69, 9.17) is 0 Å². The molecule has 1 aromatic heterocycles. The predicted molar refractivity (Wildman–Crippen MR) is 110 cm³/mol. The van der Waals surface area contributed by atoms with Crippen LogP contribution in [0.5, 0.6) is 0 Å². The van der Waals surface area contributed by atoms with Crippen LogP contribution in [0.25, 0.3) is 0 Å². The van der Waals surface area contributed by atoms with Crippen LogP contribution in [0.1, 0.15) is 40.9 Å². The molecule has 1 unspecified atom stereocenters. The van der Waals surface area contributed by atoms with E-state index in [0.29, 0.717) is 17.7 Å². The predicted octanol–water partition coefficient (Wildman–Crippen LogP) is 3.53. The van der Waals surface area contributed by atoms with Gasteiger partial charge in [-0.1, -0.05) is 12.1 Å². The lowest BCUT2D eigenvalue weighted by molar-refractivity contribution is -0.116. The summed E-state index contributed by atoms with van der Waals surface area (Å²) >= 11 is 1.72. The molecule has 2 heterocycles. The minimum absolute atomic E-state index is 0.00890. The minimum Gasteiger partial charge on any atom is -0.334 e. The number of likely N-dealkylation sites (tertiary alicyclic amines) is 1. The number of hydrogen-bond acceptors (Lipinski definition) is 4. The number of aryl methyl sites for hydroxylation is 1. The van der Waals surface area contributed by atoms with Crippen LogP contribution in [-0.2, 0) is 11.2 Å². The van der Waals surface area contributed by atoms with Crippen molar-refractivity contribution in [3.05, 3.63) is 52.2 Å². The molecule has 1 aromatic carbocycles. The Hall–Kier alpha value is -2.18. The van der Waals surface area contributed by atoms with Crippen molar-refractivity contribution in [3.8, 4) is 0 Å². The fourth-order valence-corrected chi connectivity index (χ4v) is 4.30. The number of nitrogens with one attached hydrogen (secondary N) is 2. The first-order valence-corrected chi connectivity index (χ1v) is 10.4. The van der Waals surface area contributed by atoms with Crippen molar-refractivity contribution in [2.45, 2.75) is 38.1 Å². The zero-order valence-electron chi connectivity index (χ0n) is 15.7. The van der Waals surface area contributed by atoms with Crippen molar-refractivity contribution < 1.29 is 9.59 Å². The van der Waals surface area contributed by atoms with Gasteiger partial charge in [0.1, 0.15) is 0 Å². The lowest BCUT2D eigenvalue weighted by Gasteiger charge is -2.24. The molecule has 0 radical (unpaired) electrons. The van der Waals surface area contributed by atoms with Gasteiger partial charge in [-0.2, -0.15) is 0 Å². The molecule has 6 heteroatoms. The van der Waals surface area contributed by atoms with Crippen molar-refractivity contribution in [2.24, 2.45) is 0 Å². The van der Waals surface area contributed by atoms with Gasteiger partial charge in [0.15, 0.2) is 0 Å². The van der Waals surface area contributed by atoms with Gasteiger partial charge in [0.05, 0.1) is 0 Å². The van der Waals surface area contributed by atoms with Gasteiger partial charge in [-0.25, -0.2) is 0 Å². The maximum atomic E-state index is 12.9. The largest absolute Gasteiger partial charge is 0.334 e. The first-order chi connectivity index (χ1) is 13.2. The molecule has 2 aromatic rings. The molecule has 1 aliphatic heterocycles. The number of carbonyl (C=O) groups is 2. The normalized spacial score (nSPS) is 16.5. The van der Waals surface area contributed by atoms with Gasteiger partial charge in [0, 0.05) is 41.7 Å². The number of hydrogen-bond donors (Lipinski definition) is 2. The number of thiophene rings is 1. The highest BCUT2D eigenvalue weighted by molar-refractivity contribution is 7.09. The Bertz CT molecular complexity index is 761. The molecule has 27 heavy (non-hydrogen) atoms. The topological polar surface area (TPSA) is 61.4 Å². The van der Waals surface area contributed by atoms with Crippen LogP contribution < -0.4 is 10.6 Å². The Labute approximate surface area is 164 Å². The molecule has 0 bridgehead atoms. The summed E-state index contributed by atoms with van der Waals surface area (Å²) in [7, 11) is 1.91. The van der Waals surface area contributed by atoms with E-state index in [0.717, 1.165) is 38.8 Å². The van der Waals surface area contributed by atoms with E-state index < -0.39 is 0 Å². The Balaban J connectivity index is 1.54. The molecular weight excluding hydrogens is 358 g/mol. The first-order valence-electron chi connectivity index (χ1n) is 9.55. The van der Waals surface area contributed by atoms with Crippen molar-refractivity contribution >= 4 is 28.8 Å². The second-order valence-corrected chi connectivity index (χ2v) is 7.95. The quantitative estimate of drug-likeness (QED) is 0.731. The van der Waals surface area contributed by atoms with E-state index in [1.54, 1.807) is 17.4 Å². The lowest BCUT2D eigenvalue weighted by Crippen LogP contribution is -2.40. The highest BCUT2D eigenvalue weighted by Crippen LogP contribution is 2.21. The zero-order chi connectivity index (χ0) is 19.1. The van der Waals surface area contributed by atoms with Gasteiger partial charge in [-0.15, -0.1) is 11.3 Å². The molecule has 0 aliphatic carbocycles. The molecule has 1 saturated heterocycles. The molecule has 144 valence electrons. The zero-order valence-corrected chi connectivity index (χ0v) is 16.6. The van der Waals surface area contributed by atoms with Crippen LogP contribution in [0.4, 0.5) is 5.69 Å². The van der Waals surface area contributed by atoms with Crippen molar-refractivity contribution in [1.29, 1.82) is 0 Å². The van der Waals surface area contributed by atoms with Gasteiger partial charge in [0.2, 0.25) is 5.91 Å². The maximum Gasteiger partial charge on any atom is 0.254 e. The summed E-state index contributed by atoms with van der Waals surface area (Å²) in [6, 6.07) is 11.7. The lowest BCUT2D eigenvalue weighted by atomic mass is 10.1. The highest BCUT2D eigenvalue weighted by Gasteiger charge is 2.28. The first kappa shape index (κ1) is 19.6. The molecule has 0 saturated carbocycles. The molecule has 3 rings (SSSR count). The summed E-state index contributed by atoms with van der Waals surface area (Å²) in [5.74, 6) is 0.0342. The standard InChI is InChI=1S/C21H27N3O2S/c1-22-15-18-8-4-12-24(18)21(26)16-6-2-7-17(14-16)23-20(25)11-3-9-19-10-5-13-27-19/h2,5-7,10,13-14,18,22H,3-4,8-9,11-12,15H2,1H3,(H,23,25). The van der Waals surface area contributed by atoms with Crippen molar-refractivity contribution in [2.75, 3.05) is 25.5 Å². The molecule has 2 N–H and O–H groups in total. The van der Waals surface area contributed by atoms with E-state index >= 15 is 0 Å². The Morgan fingerprint density at radius 1 is 1.26 bits per heavy atom. The molecule has 5 nitrogen and oxygen atoms in total. The monoisotopic (exact) mass is 385 g/mol. The fraction of sp³-hybridized carbons (Fsp3) is 0.429. The van der Waals surface area contributed by atoms with E-state index in [2.05, 4.69) is 22.1 Å². The van der Waals surface area contributed by atoms with Crippen LogP contribution in [0.2, 0.25) is 0 Å². The number of benzene rings is 1. The van der Waals surface area contributed by atoms with Crippen LogP contribution in [0, 0.1) is 0 Å². The second-order valence-electron chi connectivity index (χ2n) is 6.91. The van der Waals surface area contributed by atoms with Crippen molar-refractivity contribution in [1.82, 2.24) is 10.2 Å². The third-order valence-electron chi connectivity index (χ3n) is 4.88. The summed E-state index contributed by atoms with van der Waals surface area (Å²) < 4.78 is 0. The van der Waals surface area contributed by atoms with Crippen LogP contribution in [0.3, 0.4) is 0 Å². The average molecular weight is 386 g/mol. The molecule has 1 atom stereocenters. The number of likely N-dealkylation sites (N-methyl/N-ethyl adjacent to an activating group) is 1. The van der Waals surface area contributed by atoms with Crippen LogP contribution in [0.15, 0.2) is 41.8 Å². The highest BCUT2D eigenvalue weighted by atomic mass is 32.1. The number of nitrogens with zero attached hydrogens (tertiary/aromatic N) is 1. The third-order valence-corrected chi connectivity index (χ3v) is 5.81. The second kappa shape index (κ2) is 9.67. The molecule has 1 aliphatic rings. The van der Waals surface area contributed by atoms with Crippen LogP contribution in [-0.4, -0.2) is 42.9 Å². The van der Waals surface area contributed by atoms with E-state index in [1.165, 1.54) is 4.88 Å². The molecule has 0 spiro atoms. The van der Waals surface area contributed by atoms with E-state index in [9.17, 15) is 9.59 Å². The summed E-state index contributed by atoms with van der Waals surface area (Å²) in [4.78, 5) is 28.3. The number of rotatable bonds is 8. The maximum absolute atomic E-state index is 12.9. The van der Waals surface area contributed by atoms with Gasteiger partial charge in [-0.05, 0) is 62.4 Å². The summed E-state index contributed by atoms with van der Waals surface area (Å²) in [6.07, 6.45) is 4.30. The van der Waals surface area contributed by atoms with Crippen LogP contribution >= 0.6 is 11.3 Å². The van der Waals surface area contributed by atoms with Gasteiger partial charge in [0.25, 0.3) is 5.91 Å². The Morgan fingerprint density at radius 2 is 2.15 bits per heavy atom. The minimum atomic E-state index is -0.00890. The summed E-state index contributed by atoms with van der Waals surface area (Å²) in [6.45, 7) is 1.61. The Kier molecular flexibility index (Phi) is 7.01. The van der Waals surface area contributed by atoms with Crippen molar-refractivity contribution in [3.63, 3.8) is 0 Å². The van der Waals surface area contributed by atoms with E-state index in [1.807, 2.05) is 36.2 Å². The smallest absolute Gasteiger partial charge is 0.254 e. The number of amides is 2. The summed E-state index contributed by atoms with van der Waals surface area (Å²) in [5, 5.41) is 8.14.